The van der Waals surface area contributed by atoms with Crippen molar-refractivity contribution in [1.29, 1.82) is 0 Å². The maximum Gasteiger partial charge on any atom is 0.255 e. The minimum atomic E-state index is -0.190. The molecule has 0 radical (unpaired) electrons. The number of carbonyl (C=O) groups excluding carboxylic acids is 1. The lowest BCUT2D eigenvalue weighted by Gasteiger charge is -2.40. The zero-order valence-corrected chi connectivity index (χ0v) is 17.5. The van der Waals surface area contributed by atoms with E-state index >= 15 is 0 Å². The molecule has 1 aromatic carbocycles. The highest BCUT2D eigenvalue weighted by Gasteiger charge is 2.44. The Balaban J connectivity index is 1.40. The summed E-state index contributed by atoms with van der Waals surface area (Å²) in [5.41, 5.74) is 1.39. The van der Waals surface area contributed by atoms with Crippen molar-refractivity contribution in [2.45, 2.75) is 24.9 Å². The third-order valence-corrected chi connectivity index (χ3v) is 6.20. The molecule has 4 rings (SSSR count). The van der Waals surface area contributed by atoms with E-state index in [1.54, 1.807) is 13.3 Å². The van der Waals surface area contributed by atoms with Crippen LogP contribution in [0, 0.1) is 5.92 Å². The van der Waals surface area contributed by atoms with Crippen LogP contribution in [0.5, 0.6) is 0 Å². The Morgan fingerprint density at radius 2 is 2.28 bits per heavy atom. The Bertz CT molecular complexity index is 858. The maximum atomic E-state index is 13.2. The third-order valence-electron chi connectivity index (χ3n) is 6.20. The third kappa shape index (κ3) is 4.60. The van der Waals surface area contributed by atoms with Crippen molar-refractivity contribution in [2.24, 2.45) is 5.92 Å². The van der Waals surface area contributed by atoms with E-state index in [4.69, 9.17) is 9.47 Å². The van der Waals surface area contributed by atoms with Gasteiger partial charge >= 0.3 is 0 Å². The molecule has 2 aliphatic heterocycles. The Labute approximate surface area is 172 Å². The highest BCUT2D eigenvalue weighted by atomic mass is 16.5. The summed E-state index contributed by atoms with van der Waals surface area (Å²) in [4.78, 5) is 21.9. The minimum Gasteiger partial charge on any atom is -0.383 e. The Morgan fingerprint density at radius 1 is 1.41 bits per heavy atom. The number of ether oxygens (including phenoxy) is 2. The summed E-state index contributed by atoms with van der Waals surface area (Å²) in [5.74, 6) is 0.570. The van der Waals surface area contributed by atoms with Crippen LogP contribution < -0.4 is 0 Å². The highest BCUT2D eigenvalue weighted by molar-refractivity contribution is 5.97. The maximum absolute atomic E-state index is 13.2. The number of piperidine rings is 1. The van der Waals surface area contributed by atoms with Gasteiger partial charge in [0.25, 0.3) is 5.91 Å². The van der Waals surface area contributed by atoms with Crippen LogP contribution >= 0.6 is 0 Å². The molecular formula is C23H31N3O3. The van der Waals surface area contributed by atoms with E-state index in [2.05, 4.69) is 16.9 Å². The van der Waals surface area contributed by atoms with E-state index in [1.165, 1.54) is 0 Å². The Morgan fingerprint density at radius 3 is 3.14 bits per heavy atom. The molecule has 156 valence electrons. The summed E-state index contributed by atoms with van der Waals surface area (Å²) in [6.07, 6.45) is 4.74. The molecule has 6 heteroatoms. The largest absolute Gasteiger partial charge is 0.383 e. The Kier molecular flexibility index (Phi) is 6.13. The second-order valence-electron chi connectivity index (χ2n) is 8.57. The van der Waals surface area contributed by atoms with Crippen LogP contribution in [0.4, 0.5) is 0 Å². The van der Waals surface area contributed by atoms with Gasteiger partial charge in [0.05, 0.1) is 29.9 Å². The molecule has 0 bridgehead atoms. The molecule has 1 spiro atoms. The fraction of sp³-hybridized carbons (Fsp3) is 0.565. The van der Waals surface area contributed by atoms with Crippen LogP contribution in [0.1, 0.15) is 29.6 Å². The number of likely N-dealkylation sites (tertiary alicyclic amines) is 1. The van der Waals surface area contributed by atoms with Crippen molar-refractivity contribution in [2.75, 3.05) is 53.6 Å². The van der Waals surface area contributed by atoms with Crippen LogP contribution in [0.2, 0.25) is 0 Å². The zero-order chi connectivity index (χ0) is 20.3. The molecule has 0 aliphatic carbocycles. The van der Waals surface area contributed by atoms with Gasteiger partial charge in [-0.2, -0.15) is 0 Å². The van der Waals surface area contributed by atoms with Gasteiger partial charge in [-0.05, 0) is 44.4 Å². The molecule has 29 heavy (non-hydrogen) atoms. The van der Waals surface area contributed by atoms with Crippen LogP contribution in [-0.2, 0) is 9.47 Å². The molecule has 2 aliphatic rings. The van der Waals surface area contributed by atoms with Crippen molar-refractivity contribution >= 4 is 16.8 Å². The van der Waals surface area contributed by atoms with Gasteiger partial charge in [-0.15, -0.1) is 0 Å². The van der Waals surface area contributed by atoms with Crippen LogP contribution in [0.15, 0.2) is 36.5 Å². The second kappa shape index (κ2) is 8.78. The van der Waals surface area contributed by atoms with E-state index in [-0.39, 0.29) is 11.5 Å². The van der Waals surface area contributed by atoms with Crippen LogP contribution in [0.3, 0.4) is 0 Å². The first kappa shape index (κ1) is 20.3. The molecule has 1 aromatic heterocycles. The number of carbonyl (C=O) groups is 1. The lowest BCUT2D eigenvalue weighted by Crippen LogP contribution is -2.50. The van der Waals surface area contributed by atoms with Crippen LogP contribution in [-0.4, -0.2) is 79.8 Å². The van der Waals surface area contributed by atoms with Gasteiger partial charge in [0.2, 0.25) is 0 Å². The van der Waals surface area contributed by atoms with Crippen LogP contribution in [0.25, 0.3) is 10.9 Å². The van der Waals surface area contributed by atoms with Crippen molar-refractivity contribution in [3.05, 3.63) is 42.1 Å². The monoisotopic (exact) mass is 397 g/mol. The topological polar surface area (TPSA) is 54.9 Å². The number of likely N-dealkylation sites (N-methyl/N-ethyl adjacent to an activating group) is 1. The average Bonchev–Trinajstić information content (AvgIpc) is 3.12. The number of aromatic nitrogens is 1. The molecule has 3 heterocycles. The van der Waals surface area contributed by atoms with Gasteiger partial charge in [0.15, 0.2) is 0 Å². The average molecular weight is 398 g/mol. The molecule has 0 N–H and O–H groups in total. The summed E-state index contributed by atoms with van der Waals surface area (Å²) in [6, 6.07) is 9.86. The fourth-order valence-electron chi connectivity index (χ4n) is 4.76. The first-order valence-electron chi connectivity index (χ1n) is 10.5. The Hall–Kier alpha value is -2.02. The quantitative estimate of drug-likeness (QED) is 0.750. The molecule has 2 atom stereocenters. The van der Waals surface area contributed by atoms with Gasteiger partial charge in [-0.1, -0.05) is 18.2 Å². The standard InChI is InChI=1S/C23H31N3O3/c1-25(10-11-28-2)15-18-13-23(29-16-18)8-5-9-26(17-23)22(27)20-12-19-6-3-4-7-21(19)24-14-20/h3-4,6-7,12,14,18H,5,8-11,13,15-17H2,1-2H3/t18-,23+/m1/s1. The first-order chi connectivity index (χ1) is 14.1. The van der Waals surface area contributed by atoms with E-state index in [0.717, 1.165) is 63.0 Å². The van der Waals surface area contributed by atoms with Gasteiger partial charge in [0, 0.05) is 44.9 Å². The van der Waals surface area contributed by atoms with Crippen molar-refractivity contribution in [3.8, 4) is 0 Å². The summed E-state index contributed by atoms with van der Waals surface area (Å²) >= 11 is 0. The smallest absolute Gasteiger partial charge is 0.255 e. The predicted octanol–water partition coefficient (Wildman–Crippen LogP) is 2.82. The molecule has 2 aromatic rings. The number of amides is 1. The summed E-state index contributed by atoms with van der Waals surface area (Å²) in [6.45, 7) is 4.92. The van der Waals surface area contributed by atoms with Gasteiger partial charge in [0.1, 0.15) is 0 Å². The van der Waals surface area contributed by atoms with E-state index in [9.17, 15) is 4.79 Å². The molecule has 0 unspecified atom stereocenters. The molecule has 0 saturated carbocycles. The fourth-order valence-corrected chi connectivity index (χ4v) is 4.76. The lowest BCUT2D eigenvalue weighted by atomic mass is 9.86. The molecular weight excluding hydrogens is 366 g/mol. The molecule has 6 nitrogen and oxygen atoms in total. The van der Waals surface area contributed by atoms with Crippen molar-refractivity contribution in [1.82, 2.24) is 14.8 Å². The number of rotatable bonds is 6. The number of nitrogens with zero attached hydrogens (tertiary/aromatic N) is 3. The second-order valence-corrected chi connectivity index (χ2v) is 8.57. The summed E-state index contributed by atoms with van der Waals surface area (Å²) in [5, 5.41) is 1.00. The van der Waals surface area contributed by atoms with E-state index < -0.39 is 0 Å². The van der Waals surface area contributed by atoms with Gasteiger partial charge in [-0.25, -0.2) is 0 Å². The molecule has 1 amide bonds. The number of hydrogen-bond acceptors (Lipinski definition) is 5. The highest BCUT2D eigenvalue weighted by Crippen LogP contribution is 2.38. The lowest BCUT2D eigenvalue weighted by molar-refractivity contribution is -0.0450. The number of pyridine rings is 1. The normalized spacial score (nSPS) is 24.7. The number of fused-ring (bicyclic) bond motifs is 1. The number of methoxy groups -OCH3 is 1. The SMILES string of the molecule is COCCN(C)C[C@@H]1CO[C@@]2(CCCN(C(=O)c3cnc4ccccc4c3)C2)C1. The predicted molar refractivity (Wildman–Crippen MR) is 113 cm³/mol. The molecule has 2 saturated heterocycles. The first-order valence-corrected chi connectivity index (χ1v) is 10.5. The van der Waals surface area contributed by atoms with Gasteiger partial charge in [-0.3, -0.25) is 9.78 Å². The molecule has 2 fully saturated rings. The number of hydrogen-bond donors (Lipinski definition) is 0. The van der Waals surface area contributed by atoms with E-state index in [1.807, 2.05) is 35.2 Å². The van der Waals surface area contributed by atoms with Crippen molar-refractivity contribution in [3.63, 3.8) is 0 Å². The zero-order valence-electron chi connectivity index (χ0n) is 17.5. The summed E-state index contributed by atoms with van der Waals surface area (Å²) in [7, 11) is 3.87. The minimum absolute atomic E-state index is 0.0617. The number of benzene rings is 1. The van der Waals surface area contributed by atoms with E-state index in [0.29, 0.717) is 18.0 Å². The summed E-state index contributed by atoms with van der Waals surface area (Å²) < 4.78 is 11.5. The van der Waals surface area contributed by atoms with Crippen molar-refractivity contribution < 1.29 is 14.3 Å². The number of para-hydroxylation sites is 1. The van der Waals surface area contributed by atoms with Gasteiger partial charge < -0.3 is 19.3 Å².